The number of rotatable bonds is 2. The molecule has 64 valence electrons. The topological polar surface area (TPSA) is 12.0 Å². The third-order valence-corrected chi connectivity index (χ3v) is 1.57. The van der Waals surface area contributed by atoms with E-state index in [-0.39, 0.29) is 11.3 Å². The summed E-state index contributed by atoms with van der Waals surface area (Å²) in [6.45, 7) is 3.47. The van der Waals surface area contributed by atoms with E-state index in [1.165, 1.54) is 18.2 Å². The average Bonchev–Trinajstić information content (AvgIpc) is 2.03. The molecular formula is C9H9F2N. The van der Waals surface area contributed by atoms with Gasteiger partial charge in [-0.25, -0.2) is 8.78 Å². The molecule has 0 heterocycles. The first-order chi connectivity index (χ1) is 5.66. The van der Waals surface area contributed by atoms with Gasteiger partial charge in [0.25, 0.3) is 0 Å². The van der Waals surface area contributed by atoms with Crippen molar-refractivity contribution in [1.82, 2.24) is 5.32 Å². The minimum Gasteiger partial charge on any atom is -0.388 e. The highest BCUT2D eigenvalue weighted by atomic mass is 19.1. The molecule has 0 radical (unpaired) electrons. The van der Waals surface area contributed by atoms with Gasteiger partial charge in [0.2, 0.25) is 0 Å². The zero-order valence-electron chi connectivity index (χ0n) is 6.70. The molecule has 3 heteroatoms. The number of hydrogen-bond donors (Lipinski definition) is 1. The third kappa shape index (κ3) is 1.44. The summed E-state index contributed by atoms with van der Waals surface area (Å²) in [5.41, 5.74) is 0.144. The van der Waals surface area contributed by atoms with Crippen LogP contribution in [0, 0.1) is 11.6 Å². The van der Waals surface area contributed by atoms with Crippen molar-refractivity contribution in [2.45, 2.75) is 0 Å². The molecule has 0 aromatic heterocycles. The minimum absolute atomic E-state index is 0.0972. The average molecular weight is 169 g/mol. The molecule has 0 unspecified atom stereocenters. The van der Waals surface area contributed by atoms with Crippen LogP contribution in [-0.4, -0.2) is 7.05 Å². The van der Waals surface area contributed by atoms with Crippen LogP contribution in [0.2, 0.25) is 0 Å². The van der Waals surface area contributed by atoms with Crippen LogP contribution in [0.4, 0.5) is 8.78 Å². The smallest absolute Gasteiger partial charge is 0.135 e. The fraction of sp³-hybridized carbons (Fsp3) is 0.111. The van der Waals surface area contributed by atoms with Crippen molar-refractivity contribution in [3.05, 3.63) is 42.0 Å². The lowest BCUT2D eigenvalue weighted by molar-refractivity contribution is 0.575. The molecule has 1 aromatic rings. The van der Waals surface area contributed by atoms with Gasteiger partial charge >= 0.3 is 0 Å². The molecule has 0 saturated heterocycles. The summed E-state index contributed by atoms with van der Waals surface area (Å²) in [4.78, 5) is 0. The van der Waals surface area contributed by atoms with Gasteiger partial charge < -0.3 is 5.32 Å². The summed E-state index contributed by atoms with van der Waals surface area (Å²) in [6.07, 6.45) is 0. The van der Waals surface area contributed by atoms with E-state index in [1.807, 2.05) is 0 Å². The second-order valence-electron chi connectivity index (χ2n) is 2.33. The van der Waals surface area contributed by atoms with E-state index >= 15 is 0 Å². The van der Waals surface area contributed by atoms with E-state index in [1.54, 1.807) is 7.05 Å². The molecule has 0 atom stereocenters. The fourth-order valence-electron chi connectivity index (χ4n) is 0.911. The van der Waals surface area contributed by atoms with Gasteiger partial charge in [-0.3, -0.25) is 0 Å². The molecule has 0 amide bonds. The standard InChI is InChI=1S/C9H9F2N/c1-6(12-2)9-7(10)4-3-5-8(9)11/h3-5,12H,1H2,2H3. The largest absolute Gasteiger partial charge is 0.388 e. The van der Waals surface area contributed by atoms with Crippen LogP contribution < -0.4 is 5.32 Å². The van der Waals surface area contributed by atoms with E-state index in [9.17, 15) is 8.78 Å². The molecular weight excluding hydrogens is 160 g/mol. The lowest BCUT2D eigenvalue weighted by Gasteiger charge is -2.06. The SMILES string of the molecule is C=C(NC)c1c(F)cccc1F. The predicted octanol–water partition coefficient (Wildman–Crippen LogP) is 2.15. The minimum atomic E-state index is -0.602. The Morgan fingerprint density at radius 3 is 2.25 bits per heavy atom. The van der Waals surface area contributed by atoms with Gasteiger partial charge in [-0.05, 0) is 12.1 Å². The van der Waals surface area contributed by atoms with Crippen LogP contribution in [0.15, 0.2) is 24.8 Å². The Morgan fingerprint density at radius 1 is 1.33 bits per heavy atom. The van der Waals surface area contributed by atoms with Gasteiger partial charge in [-0.2, -0.15) is 0 Å². The Labute approximate surface area is 69.7 Å². The predicted molar refractivity (Wildman–Crippen MR) is 44.5 cm³/mol. The summed E-state index contributed by atoms with van der Waals surface area (Å²) in [6, 6.07) is 3.71. The maximum absolute atomic E-state index is 12.9. The van der Waals surface area contributed by atoms with Crippen molar-refractivity contribution in [1.29, 1.82) is 0 Å². The van der Waals surface area contributed by atoms with Gasteiger partial charge in [0.15, 0.2) is 0 Å². The molecule has 1 aromatic carbocycles. The molecule has 0 spiro atoms. The van der Waals surface area contributed by atoms with Crippen molar-refractivity contribution in [3.8, 4) is 0 Å². The van der Waals surface area contributed by atoms with Crippen LogP contribution in [0.25, 0.3) is 5.70 Å². The second kappa shape index (κ2) is 3.34. The quantitative estimate of drug-likeness (QED) is 0.715. The maximum Gasteiger partial charge on any atom is 0.135 e. The lowest BCUT2D eigenvalue weighted by Crippen LogP contribution is -2.06. The van der Waals surface area contributed by atoms with Crippen molar-refractivity contribution in [2.24, 2.45) is 0 Å². The van der Waals surface area contributed by atoms with Crippen molar-refractivity contribution in [3.63, 3.8) is 0 Å². The van der Waals surface area contributed by atoms with Gasteiger partial charge in [-0.1, -0.05) is 12.6 Å². The molecule has 0 aliphatic heterocycles. The molecule has 0 saturated carbocycles. The highest BCUT2D eigenvalue weighted by molar-refractivity contribution is 5.62. The summed E-state index contributed by atoms with van der Waals surface area (Å²) in [5, 5.41) is 2.59. The zero-order chi connectivity index (χ0) is 9.14. The number of nitrogens with one attached hydrogen (secondary N) is 1. The van der Waals surface area contributed by atoms with Gasteiger partial charge in [-0.15, -0.1) is 0 Å². The Bertz CT molecular complexity index is 287. The first-order valence-electron chi connectivity index (χ1n) is 3.48. The van der Waals surface area contributed by atoms with E-state index in [2.05, 4.69) is 11.9 Å². The van der Waals surface area contributed by atoms with Crippen molar-refractivity contribution < 1.29 is 8.78 Å². The first-order valence-corrected chi connectivity index (χ1v) is 3.48. The van der Waals surface area contributed by atoms with E-state index in [4.69, 9.17) is 0 Å². The third-order valence-electron chi connectivity index (χ3n) is 1.57. The Hall–Kier alpha value is -1.38. The highest BCUT2D eigenvalue weighted by Crippen LogP contribution is 2.17. The van der Waals surface area contributed by atoms with Crippen LogP contribution in [0.5, 0.6) is 0 Å². The molecule has 0 aliphatic rings. The lowest BCUT2D eigenvalue weighted by atomic mass is 10.1. The highest BCUT2D eigenvalue weighted by Gasteiger charge is 2.09. The maximum atomic E-state index is 12.9. The van der Waals surface area contributed by atoms with Crippen LogP contribution in [0.3, 0.4) is 0 Å². The van der Waals surface area contributed by atoms with Gasteiger partial charge in [0, 0.05) is 12.7 Å². The summed E-state index contributed by atoms with van der Waals surface area (Å²) < 4.78 is 25.9. The summed E-state index contributed by atoms with van der Waals surface area (Å²) in [5.74, 6) is -1.20. The van der Waals surface area contributed by atoms with Gasteiger partial charge in [0.05, 0.1) is 5.56 Å². The molecule has 1 rings (SSSR count). The normalized spacial score (nSPS) is 9.58. The fourth-order valence-corrected chi connectivity index (χ4v) is 0.911. The first kappa shape index (κ1) is 8.71. The molecule has 12 heavy (non-hydrogen) atoms. The van der Waals surface area contributed by atoms with Crippen LogP contribution >= 0.6 is 0 Å². The van der Waals surface area contributed by atoms with E-state index in [0.29, 0.717) is 0 Å². The molecule has 0 aliphatic carbocycles. The molecule has 1 nitrogen and oxygen atoms in total. The number of hydrogen-bond acceptors (Lipinski definition) is 1. The van der Waals surface area contributed by atoms with Crippen LogP contribution in [-0.2, 0) is 0 Å². The summed E-state index contributed by atoms with van der Waals surface area (Å²) in [7, 11) is 1.56. The van der Waals surface area contributed by atoms with E-state index in [0.717, 1.165) is 0 Å². The second-order valence-corrected chi connectivity index (χ2v) is 2.33. The Morgan fingerprint density at radius 2 is 1.83 bits per heavy atom. The van der Waals surface area contributed by atoms with Gasteiger partial charge in [0.1, 0.15) is 11.6 Å². The summed E-state index contributed by atoms with van der Waals surface area (Å²) >= 11 is 0. The zero-order valence-corrected chi connectivity index (χ0v) is 6.70. The molecule has 0 bridgehead atoms. The Balaban J connectivity index is 3.21. The monoisotopic (exact) mass is 169 g/mol. The number of benzene rings is 1. The molecule has 1 N–H and O–H groups in total. The van der Waals surface area contributed by atoms with Crippen molar-refractivity contribution >= 4 is 5.70 Å². The van der Waals surface area contributed by atoms with Crippen molar-refractivity contribution in [2.75, 3.05) is 7.05 Å². The van der Waals surface area contributed by atoms with Crippen LogP contribution in [0.1, 0.15) is 5.56 Å². The number of halogens is 2. The van der Waals surface area contributed by atoms with E-state index < -0.39 is 11.6 Å². The Kier molecular flexibility index (Phi) is 2.43. The molecule has 0 fully saturated rings.